The first-order chi connectivity index (χ1) is 13.8. The molecule has 0 amide bonds. The topological polar surface area (TPSA) is 113 Å². The molecule has 0 radical (unpaired) electrons. The molecule has 100 valence electrons. The molecule has 0 saturated carbocycles. The van der Waals surface area contributed by atoms with Gasteiger partial charge in [0, 0.05) is 29.4 Å². The molecule has 0 spiro atoms. The third-order valence-electron chi connectivity index (χ3n) is 1.79. The third kappa shape index (κ3) is 2.27. The van der Waals surface area contributed by atoms with E-state index in [0.717, 1.165) is 0 Å². The Bertz CT molecular complexity index is 1050. The molecular formula is C10H16N4O4. The molecule has 0 saturated heterocycles. The van der Waals surface area contributed by atoms with Crippen molar-refractivity contribution in [2.75, 3.05) is 5.73 Å². The second-order valence-corrected chi connectivity index (χ2v) is 2.72. The van der Waals surface area contributed by atoms with Crippen LogP contribution in [0.25, 0.3) is 0 Å². The van der Waals surface area contributed by atoms with Crippen molar-refractivity contribution in [1.82, 2.24) is 9.13 Å². The van der Waals surface area contributed by atoms with Gasteiger partial charge in [0.1, 0.15) is 0 Å². The lowest BCUT2D eigenvalue weighted by Crippen LogP contribution is -2.42. The molecule has 8 nitrogen and oxygen atoms in total. The number of nitrogens with zero attached hydrogens (tertiary/aromatic N) is 3. The maximum atomic E-state index is 12.9. The zero-order chi connectivity index (χ0) is 26.0. The number of nitro groups is 1. The number of hydrogen-bond donors (Lipinski definition) is 1. The van der Waals surface area contributed by atoms with E-state index in [1.54, 1.807) is 0 Å². The van der Waals surface area contributed by atoms with Crippen molar-refractivity contribution in [2.45, 2.75) is 39.4 Å². The molecule has 0 aliphatic rings. The minimum absolute atomic E-state index is 0.730. The molecule has 1 aromatic rings. The van der Waals surface area contributed by atoms with Crippen molar-refractivity contribution in [3.05, 3.63) is 31.0 Å². The molecule has 0 aromatic carbocycles. The van der Waals surface area contributed by atoms with E-state index >= 15 is 0 Å². The second kappa shape index (κ2) is 5.48. The van der Waals surface area contributed by atoms with Gasteiger partial charge in [0.05, 0.1) is 7.66 Å². The average molecular weight is 270 g/mol. The highest BCUT2D eigenvalue weighted by molar-refractivity contribution is 5.50. The molecule has 0 aliphatic carbocycles. The Balaban J connectivity index is 4.37. The Morgan fingerprint density at radius 2 is 1.89 bits per heavy atom. The monoisotopic (exact) mass is 270 g/mol. The van der Waals surface area contributed by atoms with Crippen LogP contribution in [0.1, 0.15) is 45.6 Å². The first kappa shape index (κ1) is 3.94. The smallest absolute Gasteiger partial charge is 0.374 e. The molecule has 18 heavy (non-hydrogen) atoms. The van der Waals surface area contributed by atoms with Crippen LogP contribution in [0.5, 0.6) is 0 Å². The summed E-state index contributed by atoms with van der Waals surface area (Å²) >= 11 is 0. The van der Waals surface area contributed by atoms with Crippen LogP contribution in [-0.2, 0) is 13.0 Å². The standard InChI is InChI=1S/C10H16N4O4/c1-3-5-12-8(11)7(14(17)18)9(15)13(6-4-2)10(12)16/h3-6,11H2,1-2H3/i1D3,2D3,3D2,4D2,5D2,6D2. The summed E-state index contributed by atoms with van der Waals surface area (Å²) in [4.78, 5) is 35.1. The lowest BCUT2D eigenvalue weighted by atomic mass is 10.4. The second-order valence-electron chi connectivity index (χ2n) is 2.72. The van der Waals surface area contributed by atoms with E-state index in [1.165, 1.54) is 0 Å². The summed E-state index contributed by atoms with van der Waals surface area (Å²) in [5.41, 5.74) is -1.27. The highest BCUT2D eigenvalue weighted by Crippen LogP contribution is 2.13. The zero-order valence-corrected chi connectivity index (χ0v) is 8.55. The van der Waals surface area contributed by atoms with Gasteiger partial charge in [0.2, 0.25) is 0 Å². The van der Waals surface area contributed by atoms with Crippen LogP contribution in [-0.4, -0.2) is 14.1 Å². The molecule has 0 atom stereocenters. The molecule has 1 rings (SSSR count). The Kier molecular flexibility index (Phi) is 1.20. The van der Waals surface area contributed by atoms with Crippen LogP contribution in [0.4, 0.5) is 11.5 Å². The number of hydrogen-bond acceptors (Lipinski definition) is 5. The van der Waals surface area contributed by atoms with Gasteiger partial charge in [-0.05, 0) is 12.7 Å². The van der Waals surface area contributed by atoms with Crippen molar-refractivity contribution in [2.24, 2.45) is 0 Å². The van der Waals surface area contributed by atoms with E-state index in [0.29, 0.717) is 0 Å². The van der Waals surface area contributed by atoms with Gasteiger partial charge in [-0.1, -0.05) is 13.7 Å². The van der Waals surface area contributed by atoms with E-state index in [-0.39, 0.29) is 0 Å². The highest BCUT2D eigenvalue weighted by Gasteiger charge is 2.25. The fourth-order valence-corrected chi connectivity index (χ4v) is 1.10. The van der Waals surface area contributed by atoms with Gasteiger partial charge in [-0.3, -0.25) is 24.0 Å². The molecule has 0 fully saturated rings. The van der Waals surface area contributed by atoms with E-state index < -0.39 is 76.3 Å². The van der Waals surface area contributed by atoms with Gasteiger partial charge >= 0.3 is 16.9 Å². The maximum Gasteiger partial charge on any atom is 0.374 e. The van der Waals surface area contributed by atoms with Gasteiger partial charge in [-0.15, -0.1) is 0 Å². The molecule has 0 unspecified atom stereocenters. The van der Waals surface area contributed by atoms with E-state index in [4.69, 9.17) is 24.9 Å². The number of nitrogens with two attached hydrogens (primary N) is 1. The molecule has 1 heterocycles. The van der Waals surface area contributed by atoms with Gasteiger partial charge in [-0.25, -0.2) is 4.79 Å². The summed E-state index contributed by atoms with van der Waals surface area (Å²) in [6.07, 6.45) is -8.11. The average Bonchev–Trinajstić information content (AvgIpc) is 2.50. The van der Waals surface area contributed by atoms with Gasteiger partial charge in [0.15, 0.2) is 5.82 Å². The lowest BCUT2D eigenvalue weighted by Gasteiger charge is -2.11. The summed E-state index contributed by atoms with van der Waals surface area (Å²) in [6, 6.07) is 0. The predicted octanol–water partition coefficient (Wildman–Crippen LogP) is 0.320. The number of nitrogen functional groups attached to an aromatic ring is 1. The molecule has 1 aromatic heterocycles. The van der Waals surface area contributed by atoms with Crippen molar-refractivity contribution in [1.29, 1.82) is 0 Å². The van der Waals surface area contributed by atoms with Crippen LogP contribution < -0.4 is 17.0 Å². The zero-order valence-electron chi connectivity index (χ0n) is 22.6. The van der Waals surface area contributed by atoms with E-state index in [2.05, 4.69) is 0 Å². The third-order valence-corrected chi connectivity index (χ3v) is 1.79. The van der Waals surface area contributed by atoms with Crippen molar-refractivity contribution in [3.8, 4) is 0 Å². The molecule has 2 N–H and O–H groups in total. The Morgan fingerprint density at radius 1 is 1.33 bits per heavy atom. The summed E-state index contributed by atoms with van der Waals surface area (Å²) in [5, 5.41) is 11.3. The Hall–Kier alpha value is -2.12. The van der Waals surface area contributed by atoms with Crippen LogP contribution >= 0.6 is 0 Å². The SMILES string of the molecule is [2H]C([2H])([2H])C([2H])([2H])C([2H])([2H])n1c(N)c([N+](=O)[O-])c(=O)n(C([2H])([2H])C([2H])([2H])C([2H])([2H])[2H])c1=O. The number of anilines is 1. The minimum atomic E-state index is -4.21. The Morgan fingerprint density at radius 3 is 2.39 bits per heavy atom. The van der Waals surface area contributed by atoms with E-state index in [1.807, 2.05) is 0 Å². The number of rotatable bonds is 5. The summed E-state index contributed by atoms with van der Waals surface area (Å²) in [6.45, 7) is -16.0. The quantitative estimate of drug-likeness (QED) is 0.611. The van der Waals surface area contributed by atoms with Crippen LogP contribution in [0.3, 0.4) is 0 Å². The first-order valence-corrected chi connectivity index (χ1v) is 4.13. The molecule has 0 bridgehead atoms. The fraction of sp³-hybridized carbons (Fsp3) is 0.600. The summed E-state index contributed by atoms with van der Waals surface area (Å²) in [5.74, 6) is -1.70. The minimum Gasteiger partial charge on any atom is -0.379 e. The van der Waals surface area contributed by atoms with Crippen LogP contribution in [0.15, 0.2) is 9.59 Å². The maximum absolute atomic E-state index is 12.9. The van der Waals surface area contributed by atoms with E-state index in [9.17, 15) is 19.7 Å². The Labute approximate surface area is 122 Å². The summed E-state index contributed by atoms with van der Waals surface area (Å²) < 4.78 is 103. The highest BCUT2D eigenvalue weighted by atomic mass is 16.6. The number of aromatic nitrogens is 2. The molecular weight excluding hydrogens is 240 g/mol. The molecule has 8 heteroatoms. The van der Waals surface area contributed by atoms with Gasteiger partial charge in [0.25, 0.3) is 0 Å². The predicted molar refractivity (Wildman–Crippen MR) is 66.6 cm³/mol. The van der Waals surface area contributed by atoms with Crippen LogP contribution in [0, 0.1) is 10.1 Å². The van der Waals surface area contributed by atoms with Crippen molar-refractivity contribution < 1.29 is 24.1 Å². The fourth-order valence-electron chi connectivity index (χ4n) is 1.10. The summed E-state index contributed by atoms with van der Waals surface area (Å²) in [7, 11) is 0. The normalized spacial score (nSPS) is 26.7. The van der Waals surface area contributed by atoms with Crippen molar-refractivity contribution in [3.63, 3.8) is 0 Å². The lowest BCUT2D eigenvalue weighted by molar-refractivity contribution is -0.386. The van der Waals surface area contributed by atoms with Crippen LogP contribution in [0.2, 0.25) is 0 Å². The largest absolute Gasteiger partial charge is 0.379 e. The van der Waals surface area contributed by atoms with Gasteiger partial charge < -0.3 is 5.73 Å². The van der Waals surface area contributed by atoms with Crippen molar-refractivity contribution >= 4 is 11.5 Å². The van der Waals surface area contributed by atoms with Gasteiger partial charge in [-0.2, -0.15) is 0 Å². The molecule has 0 aliphatic heterocycles. The first-order valence-electron chi connectivity index (χ1n) is 11.1.